The van der Waals surface area contributed by atoms with Crippen LogP contribution in [0.2, 0.25) is 0 Å². The van der Waals surface area contributed by atoms with Crippen LogP contribution in [0, 0.1) is 17.8 Å². The molecule has 1 heterocycles. The van der Waals surface area contributed by atoms with Crippen molar-refractivity contribution >= 4 is 17.6 Å². The van der Waals surface area contributed by atoms with E-state index in [1.807, 2.05) is 23.1 Å². The van der Waals surface area contributed by atoms with Crippen LogP contribution in [0.25, 0.3) is 0 Å². The SMILES string of the molecule is O=C(OCC(=O)N1CCN(c2ccccc2)CC1)[C@@H]1C[C@H]2CC[C@H]1C2. The van der Waals surface area contributed by atoms with Gasteiger partial charge in [0.2, 0.25) is 0 Å². The molecule has 2 aliphatic carbocycles. The Morgan fingerprint density at radius 2 is 1.76 bits per heavy atom. The molecule has 25 heavy (non-hydrogen) atoms. The van der Waals surface area contributed by atoms with Crippen LogP contribution in [0.3, 0.4) is 0 Å². The van der Waals surface area contributed by atoms with Crippen LogP contribution in [-0.2, 0) is 14.3 Å². The Bertz CT molecular complexity index is 625. The molecule has 3 fully saturated rings. The highest BCUT2D eigenvalue weighted by Gasteiger charge is 2.44. The van der Waals surface area contributed by atoms with Crippen LogP contribution >= 0.6 is 0 Å². The fourth-order valence-electron chi connectivity index (χ4n) is 4.72. The summed E-state index contributed by atoms with van der Waals surface area (Å²) in [5, 5.41) is 0. The molecule has 1 saturated heterocycles. The van der Waals surface area contributed by atoms with E-state index in [-0.39, 0.29) is 24.4 Å². The number of rotatable bonds is 4. The van der Waals surface area contributed by atoms with Crippen molar-refractivity contribution in [2.24, 2.45) is 17.8 Å². The predicted octanol–water partition coefficient (Wildman–Crippen LogP) is 2.31. The van der Waals surface area contributed by atoms with E-state index in [0.717, 1.165) is 25.9 Å². The van der Waals surface area contributed by atoms with Gasteiger partial charge in [0.1, 0.15) is 0 Å². The number of para-hydroxylation sites is 1. The summed E-state index contributed by atoms with van der Waals surface area (Å²) in [5.41, 5.74) is 1.19. The van der Waals surface area contributed by atoms with E-state index in [1.165, 1.54) is 18.5 Å². The van der Waals surface area contributed by atoms with Crippen LogP contribution in [0.15, 0.2) is 30.3 Å². The molecule has 0 N–H and O–H groups in total. The molecule has 3 aliphatic rings. The second-order valence-corrected chi connectivity index (χ2v) is 7.59. The first-order valence-electron chi connectivity index (χ1n) is 9.45. The van der Waals surface area contributed by atoms with E-state index >= 15 is 0 Å². The number of carbonyl (C=O) groups is 2. The normalized spacial score (nSPS) is 28.2. The van der Waals surface area contributed by atoms with Gasteiger partial charge in [0, 0.05) is 31.9 Å². The lowest BCUT2D eigenvalue weighted by molar-refractivity contribution is -0.157. The van der Waals surface area contributed by atoms with Gasteiger partial charge in [-0.05, 0) is 43.2 Å². The minimum atomic E-state index is -0.150. The molecule has 0 spiro atoms. The van der Waals surface area contributed by atoms with Crippen LogP contribution < -0.4 is 4.90 Å². The van der Waals surface area contributed by atoms with E-state index < -0.39 is 0 Å². The summed E-state index contributed by atoms with van der Waals surface area (Å²) in [6, 6.07) is 10.3. The minimum absolute atomic E-state index is 0.0430. The Kier molecular flexibility index (Phi) is 4.64. The standard InChI is InChI=1S/C20H26N2O3/c23-19(14-25-20(24)18-13-15-6-7-16(18)12-15)22-10-8-21(9-11-22)17-4-2-1-3-5-17/h1-5,15-16,18H,6-14H2/t15-,16-,18+/m0/s1. The largest absolute Gasteiger partial charge is 0.455 e. The second kappa shape index (κ2) is 7.06. The van der Waals surface area contributed by atoms with E-state index in [9.17, 15) is 9.59 Å². The first kappa shape index (κ1) is 16.4. The number of hydrogen-bond acceptors (Lipinski definition) is 4. The summed E-state index contributed by atoms with van der Waals surface area (Å²) < 4.78 is 5.36. The molecule has 1 amide bonds. The summed E-state index contributed by atoms with van der Waals surface area (Å²) in [7, 11) is 0. The molecule has 4 rings (SSSR count). The number of anilines is 1. The van der Waals surface area contributed by atoms with Crippen molar-refractivity contribution in [3.8, 4) is 0 Å². The molecule has 5 nitrogen and oxygen atoms in total. The van der Waals surface area contributed by atoms with Crippen molar-refractivity contribution in [2.45, 2.75) is 25.7 Å². The number of carbonyl (C=O) groups excluding carboxylic acids is 2. The number of ether oxygens (including phenoxy) is 1. The molecule has 2 saturated carbocycles. The average molecular weight is 342 g/mol. The van der Waals surface area contributed by atoms with Gasteiger partial charge in [-0.3, -0.25) is 9.59 Å². The summed E-state index contributed by atoms with van der Waals surface area (Å²) >= 11 is 0. The first-order valence-corrected chi connectivity index (χ1v) is 9.45. The lowest BCUT2D eigenvalue weighted by atomic mass is 9.89. The van der Waals surface area contributed by atoms with Gasteiger partial charge in [0.25, 0.3) is 5.91 Å². The molecular weight excluding hydrogens is 316 g/mol. The number of benzene rings is 1. The molecule has 3 atom stereocenters. The highest BCUT2D eigenvalue weighted by Crippen LogP contribution is 2.48. The lowest BCUT2D eigenvalue weighted by Crippen LogP contribution is -2.50. The van der Waals surface area contributed by atoms with Crippen LogP contribution in [-0.4, -0.2) is 49.6 Å². The molecule has 2 bridgehead atoms. The number of amides is 1. The summed E-state index contributed by atoms with van der Waals surface area (Å²) in [4.78, 5) is 28.7. The third-order valence-electron chi connectivity index (χ3n) is 6.13. The Labute approximate surface area is 148 Å². The van der Waals surface area contributed by atoms with Crippen molar-refractivity contribution in [3.05, 3.63) is 30.3 Å². The third kappa shape index (κ3) is 3.51. The third-order valence-corrected chi connectivity index (χ3v) is 6.13. The van der Waals surface area contributed by atoms with E-state index in [4.69, 9.17) is 4.74 Å². The monoisotopic (exact) mass is 342 g/mol. The maximum absolute atomic E-state index is 12.4. The Balaban J connectivity index is 1.22. The van der Waals surface area contributed by atoms with Gasteiger partial charge in [0.15, 0.2) is 6.61 Å². The lowest BCUT2D eigenvalue weighted by Gasteiger charge is -2.36. The van der Waals surface area contributed by atoms with Gasteiger partial charge >= 0.3 is 5.97 Å². The van der Waals surface area contributed by atoms with Crippen molar-refractivity contribution in [1.29, 1.82) is 0 Å². The topological polar surface area (TPSA) is 49.9 Å². The van der Waals surface area contributed by atoms with Gasteiger partial charge in [-0.1, -0.05) is 24.6 Å². The van der Waals surface area contributed by atoms with Crippen LogP contribution in [0.4, 0.5) is 5.69 Å². The number of piperazine rings is 1. The van der Waals surface area contributed by atoms with E-state index in [0.29, 0.717) is 24.9 Å². The molecule has 1 aromatic carbocycles. The van der Waals surface area contributed by atoms with Gasteiger partial charge in [0.05, 0.1) is 5.92 Å². The van der Waals surface area contributed by atoms with Crippen molar-refractivity contribution < 1.29 is 14.3 Å². The molecule has 0 radical (unpaired) electrons. The zero-order valence-corrected chi connectivity index (χ0v) is 14.6. The van der Waals surface area contributed by atoms with Gasteiger partial charge in [-0.2, -0.15) is 0 Å². The number of fused-ring (bicyclic) bond motifs is 2. The smallest absolute Gasteiger partial charge is 0.309 e. The molecule has 5 heteroatoms. The summed E-state index contributed by atoms with van der Waals surface area (Å²) in [5.74, 6) is 1.04. The molecule has 134 valence electrons. The average Bonchev–Trinajstić information content (AvgIpc) is 3.30. The quantitative estimate of drug-likeness (QED) is 0.788. The second-order valence-electron chi connectivity index (χ2n) is 7.59. The van der Waals surface area contributed by atoms with Crippen LogP contribution in [0.5, 0.6) is 0 Å². The van der Waals surface area contributed by atoms with Crippen LogP contribution in [0.1, 0.15) is 25.7 Å². The first-order chi connectivity index (χ1) is 12.2. The van der Waals surface area contributed by atoms with Gasteiger partial charge in [-0.25, -0.2) is 0 Å². The highest BCUT2D eigenvalue weighted by molar-refractivity contribution is 5.81. The zero-order valence-electron chi connectivity index (χ0n) is 14.6. The fraction of sp³-hybridized carbons (Fsp3) is 0.600. The maximum Gasteiger partial charge on any atom is 0.309 e. The predicted molar refractivity (Wildman–Crippen MR) is 95.1 cm³/mol. The molecule has 1 aliphatic heterocycles. The van der Waals surface area contributed by atoms with Crippen molar-refractivity contribution in [2.75, 3.05) is 37.7 Å². The highest BCUT2D eigenvalue weighted by atomic mass is 16.5. The Morgan fingerprint density at radius 3 is 2.40 bits per heavy atom. The summed E-state index contributed by atoms with van der Waals surface area (Å²) in [6.45, 7) is 2.89. The Hall–Kier alpha value is -2.04. The Morgan fingerprint density at radius 1 is 1.00 bits per heavy atom. The van der Waals surface area contributed by atoms with Gasteiger partial charge in [-0.15, -0.1) is 0 Å². The minimum Gasteiger partial charge on any atom is -0.455 e. The molecular formula is C20H26N2O3. The maximum atomic E-state index is 12.4. The van der Waals surface area contributed by atoms with Gasteiger partial charge < -0.3 is 14.5 Å². The number of esters is 1. The molecule has 0 aromatic heterocycles. The van der Waals surface area contributed by atoms with E-state index in [2.05, 4.69) is 17.0 Å². The van der Waals surface area contributed by atoms with E-state index in [1.54, 1.807) is 0 Å². The number of nitrogens with zero attached hydrogens (tertiary/aromatic N) is 2. The number of hydrogen-bond donors (Lipinski definition) is 0. The zero-order chi connectivity index (χ0) is 17.2. The molecule has 0 unspecified atom stereocenters. The van der Waals surface area contributed by atoms with Crippen molar-refractivity contribution in [3.63, 3.8) is 0 Å². The molecule has 1 aromatic rings. The van der Waals surface area contributed by atoms with Crippen molar-refractivity contribution in [1.82, 2.24) is 4.90 Å². The summed E-state index contributed by atoms with van der Waals surface area (Å²) in [6.07, 6.45) is 4.56. The fourth-order valence-corrected chi connectivity index (χ4v) is 4.72.